The zero-order valence-corrected chi connectivity index (χ0v) is 16.4. The SMILES string of the molecule is CCC(=O)N1CCN(C(=O)c2cccnc2Oc2ccc(F)cc2Br)CC1. The second-order valence-electron chi connectivity index (χ2n) is 6.06. The van der Waals surface area contributed by atoms with Crippen LogP contribution in [0.15, 0.2) is 41.0 Å². The Morgan fingerprint density at radius 3 is 2.56 bits per heavy atom. The van der Waals surface area contributed by atoms with E-state index in [4.69, 9.17) is 4.74 Å². The lowest BCUT2D eigenvalue weighted by Gasteiger charge is -2.34. The summed E-state index contributed by atoms with van der Waals surface area (Å²) in [4.78, 5) is 32.3. The molecule has 0 saturated carbocycles. The highest BCUT2D eigenvalue weighted by molar-refractivity contribution is 9.10. The van der Waals surface area contributed by atoms with E-state index in [1.54, 1.807) is 21.9 Å². The second-order valence-corrected chi connectivity index (χ2v) is 6.91. The molecule has 2 aromatic rings. The standard InChI is InChI=1S/C19H19BrFN3O3/c1-2-17(25)23-8-10-24(11-9-23)19(26)14-4-3-7-22-18(14)27-16-6-5-13(21)12-15(16)20/h3-7,12H,2,8-11H2,1H3. The van der Waals surface area contributed by atoms with Gasteiger partial charge in [0.05, 0.1) is 4.47 Å². The van der Waals surface area contributed by atoms with Crippen LogP contribution in [0.25, 0.3) is 0 Å². The molecule has 8 heteroatoms. The van der Waals surface area contributed by atoms with Gasteiger partial charge < -0.3 is 14.5 Å². The molecule has 0 unspecified atom stereocenters. The van der Waals surface area contributed by atoms with Crippen molar-refractivity contribution in [1.29, 1.82) is 0 Å². The summed E-state index contributed by atoms with van der Waals surface area (Å²) < 4.78 is 19.4. The van der Waals surface area contributed by atoms with E-state index >= 15 is 0 Å². The Kier molecular flexibility index (Phi) is 6.05. The van der Waals surface area contributed by atoms with E-state index in [0.717, 1.165) is 0 Å². The number of pyridine rings is 1. The minimum atomic E-state index is -0.397. The molecular weight excluding hydrogens is 417 g/mol. The highest BCUT2D eigenvalue weighted by Crippen LogP contribution is 2.31. The first-order chi connectivity index (χ1) is 13.0. The molecule has 0 radical (unpaired) electrons. The number of piperazine rings is 1. The van der Waals surface area contributed by atoms with Crippen LogP contribution in [0.1, 0.15) is 23.7 Å². The first-order valence-corrected chi connectivity index (χ1v) is 9.44. The number of rotatable bonds is 4. The lowest BCUT2D eigenvalue weighted by molar-refractivity contribution is -0.132. The van der Waals surface area contributed by atoms with Crippen LogP contribution < -0.4 is 4.74 Å². The molecule has 0 spiro atoms. The Labute approximate surface area is 165 Å². The summed E-state index contributed by atoms with van der Waals surface area (Å²) in [6.07, 6.45) is 1.99. The maximum atomic E-state index is 13.3. The minimum absolute atomic E-state index is 0.0914. The van der Waals surface area contributed by atoms with Gasteiger partial charge in [0, 0.05) is 38.8 Å². The van der Waals surface area contributed by atoms with Gasteiger partial charge in [0.2, 0.25) is 11.8 Å². The van der Waals surface area contributed by atoms with Crippen molar-refractivity contribution < 1.29 is 18.7 Å². The summed E-state index contributed by atoms with van der Waals surface area (Å²) in [7, 11) is 0. The van der Waals surface area contributed by atoms with Crippen LogP contribution in [0.3, 0.4) is 0 Å². The Morgan fingerprint density at radius 1 is 1.19 bits per heavy atom. The van der Waals surface area contributed by atoms with Crippen LogP contribution in [0.5, 0.6) is 11.6 Å². The largest absolute Gasteiger partial charge is 0.437 e. The van der Waals surface area contributed by atoms with Gasteiger partial charge in [-0.3, -0.25) is 9.59 Å². The zero-order valence-electron chi connectivity index (χ0n) is 14.8. The number of nitrogens with zero attached hydrogens (tertiary/aromatic N) is 3. The summed E-state index contributed by atoms with van der Waals surface area (Å²) in [6, 6.07) is 7.33. The van der Waals surface area contributed by atoms with E-state index in [1.165, 1.54) is 24.4 Å². The van der Waals surface area contributed by atoms with Gasteiger partial charge in [-0.15, -0.1) is 0 Å². The van der Waals surface area contributed by atoms with Gasteiger partial charge in [0.1, 0.15) is 17.1 Å². The highest BCUT2D eigenvalue weighted by Gasteiger charge is 2.26. The summed E-state index contributed by atoms with van der Waals surface area (Å²) in [5.41, 5.74) is 0.323. The van der Waals surface area contributed by atoms with E-state index in [1.807, 2.05) is 6.92 Å². The van der Waals surface area contributed by atoms with Crippen molar-refractivity contribution in [3.63, 3.8) is 0 Å². The third-order valence-electron chi connectivity index (χ3n) is 4.32. The van der Waals surface area contributed by atoms with Crippen molar-refractivity contribution in [3.05, 3.63) is 52.4 Å². The fourth-order valence-corrected chi connectivity index (χ4v) is 3.28. The number of hydrogen-bond acceptors (Lipinski definition) is 4. The molecule has 1 aromatic carbocycles. The zero-order chi connectivity index (χ0) is 19.4. The fraction of sp³-hybridized carbons (Fsp3) is 0.316. The van der Waals surface area contributed by atoms with Gasteiger partial charge in [-0.25, -0.2) is 9.37 Å². The number of halogens is 2. The maximum Gasteiger partial charge on any atom is 0.259 e. The van der Waals surface area contributed by atoms with Crippen LogP contribution in [0.4, 0.5) is 4.39 Å². The van der Waals surface area contributed by atoms with Crippen molar-refractivity contribution in [1.82, 2.24) is 14.8 Å². The number of hydrogen-bond donors (Lipinski definition) is 0. The third kappa shape index (κ3) is 4.44. The van der Waals surface area contributed by atoms with E-state index < -0.39 is 5.82 Å². The molecular formula is C19H19BrFN3O3. The van der Waals surface area contributed by atoms with Crippen LogP contribution in [-0.4, -0.2) is 52.8 Å². The molecule has 0 N–H and O–H groups in total. The lowest BCUT2D eigenvalue weighted by atomic mass is 10.2. The molecule has 1 aliphatic rings. The smallest absolute Gasteiger partial charge is 0.259 e. The molecule has 1 fully saturated rings. The number of amides is 2. The first-order valence-electron chi connectivity index (χ1n) is 8.64. The molecule has 2 amide bonds. The number of aromatic nitrogens is 1. The predicted octanol–water partition coefficient (Wildman–Crippen LogP) is 3.47. The number of ether oxygens (including phenoxy) is 1. The van der Waals surface area contributed by atoms with Crippen molar-refractivity contribution in [2.75, 3.05) is 26.2 Å². The quantitative estimate of drug-likeness (QED) is 0.737. The topological polar surface area (TPSA) is 62.7 Å². The van der Waals surface area contributed by atoms with Crippen molar-refractivity contribution >= 4 is 27.7 Å². The van der Waals surface area contributed by atoms with E-state index in [9.17, 15) is 14.0 Å². The average molecular weight is 436 g/mol. The Hall–Kier alpha value is -2.48. The molecule has 2 heterocycles. The van der Waals surface area contributed by atoms with Gasteiger partial charge in [0.15, 0.2) is 0 Å². The Balaban J connectivity index is 1.76. The van der Waals surface area contributed by atoms with Gasteiger partial charge in [-0.2, -0.15) is 0 Å². The summed E-state index contributed by atoms with van der Waals surface area (Å²) in [5, 5.41) is 0. The van der Waals surface area contributed by atoms with Gasteiger partial charge in [-0.05, 0) is 46.3 Å². The van der Waals surface area contributed by atoms with Crippen LogP contribution >= 0.6 is 15.9 Å². The minimum Gasteiger partial charge on any atom is -0.437 e. The lowest BCUT2D eigenvalue weighted by Crippen LogP contribution is -2.50. The second kappa shape index (κ2) is 8.47. The molecule has 0 aliphatic carbocycles. The Morgan fingerprint density at radius 2 is 1.89 bits per heavy atom. The van der Waals surface area contributed by atoms with E-state index in [-0.39, 0.29) is 17.7 Å². The predicted molar refractivity (Wildman–Crippen MR) is 101 cm³/mol. The molecule has 0 bridgehead atoms. The van der Waals surface area contributed by atoms with Crippen LogP contribution in [0, 0.1) is 5.82 Å². The first kappa shape index (κ1) is 19.3. The van der Waals surface area contributed by atoms with Crippen molar-refractivity contribution in [2.24, 2.45) is 0 Å². The van der Waals surface area contributed by atoms with Crippen molar-refractivity contribution in [2.45, 2.75) is 13.3 Å². The molecule has 0 atom stereocenters. The molecule has 1 saturated heterocycles. The van der Waals surface area contributed by atoms with Gasteiger partial charge in [0.25, 0.3) is 5.91 Å². The third-order valence-corrected chi connectivity index (χ3v) is 4.94. The molecule has 1 aliphatic heterocycles. The molecule has 142 valence electrons. The summed E-state index contributed by atoms with van der Waals surface area (Å²) in [6.45, 7) is 3.77. The number of carbonyl (C=O) groups is 2. The summed E-state index contributed by atoms with van der Waals surface area (Å²) >= 11 is 3.24. The monoisotopic (exact) mass is 435 g/mol. The van der Waals surface area contributed by atoms with E-state index in [2.05, 4.69) is 20.9 Å². The number of carbonyl (C=O) groups excluding carboxylic acids is 2. The van der Waals surface area contributed by atoms with Gasteiger partial charge >= 0.3 is 0 Å². The molecule has 1 aromatic heterocycles. The molecule has 6 nitrogen and oxygen atoms in total. The summed E-state index contributed by atoms with van der Waals surface area (Å²) in [5.74, 6) is 0.00372. The van der Waals surface area contributed by atoms with Crippen LogP contribution in [0.2, 0.25) is 0 Å². The van der Waals surface area contributed by atoms with Gasteiger partial charge in [-0.1, -0.05) is 6.92 Å². The number of benzene rings is 1. The fourth-order valence-electron chi connectivity index (χ4n) is 2.85. The highest BCUT2D eigenvalue weighted by atomic mass is 79.9. The average Bonchev–Trinajstić information content (AvgIpc) is 2.69. The molecule has 3 rings (SSSR count). The van der Waals surface area contributed by atoms with Crippen molar-refractivity contribution in [3.8, 4) is 11.6 Å². The maximum absolute atomic E-state index is 13.3. The normalized spacial score (nSPS) is 14.2. The van der Waals surface area contributed by atoms with Crippen LogP contribution in [-0.2, 0) is 4.79 Å². The van der Waals surface area contributed by atoms with E-state index in [0.29, 0.717) is 48.4 Å². The Bertz CT molecular complexity index is 854. The molecule has 27 heavy (non-hydrogen) atoms.